The van der Waals surface area contributed by atoms with Gasteiger partial charge in [0.1, 0.15) is 13.2 Å². The SMILES string of the molecule is CC/C=C\C/C=C\C/C=C\C/C=C\C/C=C\C/C=C\C/C=C\CCCC(=O)OCC(COC(=O)CCCCCCC/C=C\C/C=C\CCCCC)OC(=O)CCCCCCCCCCC/C=C\CCCCCCCCCC. The first-order valence-corrected chi connectivity index (χ1v) is 32.0. The van der Waals surface area contributed by atoms with E-state index in [2.05, 4.69) is 142 Å². The monoisotopic (exact) mass is 1070 g/mol. The molecule has 6 nitrogen and oxygen atoms in total. The van der Waals surface area contributed by atoms with E-state index < -0.39 is 6.10 Å². The zero-order valence-corrected chi connectivity index (χ0v) is 50.2. The van der Waals surface area contributed by atoms with Crippen molar-refractivity contribution in [2.24, 2.45) is 0 Å². The number of ether oxygens (including phenoxy) is 3. The summed E-state index contributed by atoms with van der Waals surface area (Å²) < 4.78 is 16.9. The molecule has 6 heteroatoms. The lowest BCUT2D eigenvalue weighted by molar-refractivity contribution is -0.167. The highest BCUT2D eigenvalue weighted by atomic mass is 16.6. The van der Waals surface area contributed by atoms with Crippen LogP contribution in [0, 0.1) is 0 Å². The molecule has 0 N–H and O–H groups in total. The summed E-state index contributed by atoms with van der Waals surface area (Å²) in [6, 6.07) is 0. The number of unbranched alkanes of at least 4 members (excludes halogenated alkanes) is 26. The summed E-state index contributed by atoms with van der Waals surface area (Å²) in [5.74, 6) is -0.978. The second kappa shape index (κ2) is 64.3. The molecule has 0 saturated carbocycles. The van der Waals surface area contributed by atoms with E-state index in [0.29, 0.717) is 19.3 Å². The summed E-state index contributed by atoms with van der Waals surface area (Å²) >= 11 is 0. The predicted molar refractivity (Wildman–Crippen MR) is 334 cm³/mol. The topological polar surface area (TPSA) is 78.9 Å². The maximum atomic E-state index is 12.9. The third-order valence-electron chi connectivity index (χ3n) is 13.4. The summed E-state index contributed by atoms with van der Waals surface area (Å²) in [5.41, 5.74) is 0. The fraction of sp³-hybridized carbons (Fsp3) is 0.676. The van der Waals surface area contributed by atoms with Crippen molar-refractivity contribution in [3.8, 4) is 0 Å². The van der Waals surface area contributed by atoms with E-state index in [1.165, 1.54) is 128 Å². The van der Waals surface area contributed by atoms with Crippen molar-refractivity contribution >= 4 is 17.9 Å². The van der Waals surface area contributed by atoms with Crippen LogP contribution >= 0.6 is 0 Å². The maximum absolute atomic E-state index is 12.9. The van der Waals surface area contributed by atoms with E-state index in [1.54, 1.807) is 0 Å². The minimum Gasteiger partial charge on any atom is -0.462 e. The van der Waals surface area contributed by atoms with Gasteiger partial charge in [-0.15, -0.1) is 0 Å². The number of hydrogen-bond donors (Lipinski definition) is 0. The van der Waals surface area contributed by atoms with Gasteiger partial charge in [0.05, 0.1) is 0 Å². The molecule has 438 valence electrons. The van der Waals surface area contributed by atoms with Gasteiger partial charge in [0.2, 0.25) is 0 Å². The van der Waals surface area contributed by atoms with Crippen molar-refractivity contribution in [3.63, 3.8) is 0 Å². The van der Waals surface area contributed by atoms with Gasteiger partial charge in [-0.2, -0.15) is 0 Å². The highest BCUT2D eigenvalue weighted by Crippen LogP contribution is 2.15. The van der Waals surface area contributed by atoms with E-state index in [1.807, 2.05) is 0 Å². The Bertz CT molecular complexity index is 1600. The molecule has 0 fully saturated rings. The van der Waals surface area contributed by atoms with E-state index in [9.17, 15) is 14.4 Å². The zero-order chi connectivity index (χ0) is 55.7. The first-order valence-electron chi connectivity index (χ1n) is 32.0. The zero-order valence-electron chi connectivity index (χ0n) is 50.2. The number of carbonyl (C=O) groups is 3. The molecule has 1 unspecified atom stereocenters. The van der Waals surface area contributed by atoms with Crippen LogP contribution in [0.4, 0.5) is 0 Å². The number of hydrogen-bond acceptors (Lipinski definition) is 6. The van der Waals surface area contributed by atoms with Gasteiger partial charge in [0.15, 0.2) is 6.10 Å². The Labute approximate surface area is 475 Å². The number of allylic oxidation sites excluding steroid dienone is 20. The van der Waals surface area contributed by atoms with Gasteiger partial charge in [0.25, 0.3) is 0 Å². The highest BCUT2D eigenvalue weighted by Gasteiger charge is 2.19. The van der Waals surface area contributed by atoms with Crippen LogP contribution in [0.3, 0.4) is 0 Å². The summed E-state index contributed by atoms with van der Waals surface area (Å²) in [4.78, 5) is 38.3. The lowest BCUT2D eigenvalue weighted by Crippen LogP contribution is -2.30. The average Bonchev–Trinajstić information content (AvgIpc) is 3.43. The van der Waals surface area contributed by atoms with E-state index >= 15 is 0 Å². The molecule has 0 aromatic rings. The summed E-state index contributed by atoms with van der Waals surface area (Å²) in [7, 11) is 0. The average molecular weight is 1070 g/mol. The molecule has 0 aromatic heterocycles. The molecular weight excluding hydrogens is 949 g/mol. The van der Waals surface area contributed by atoms with Crippen LogP contribution in [-0.2, 0) is 28.6 Å². The van der Waals surface area contributed by atoms with Crippen LogP contribution in [0.1, 0.15) is 290 Å². The molecular formula is C71H118O6. The molecule has 0 aliphatic rings. The third-order valence-corrected chi connectivity index (χ3v) is 13.4. The predicted octanol–water partition coefficient (Wildman–Crippen LogP) is 22.0. The molecule has 0 saturated heterocycles. The van der Waals surface area contributed by atoms with Crippen LogP contribution < -0.4 is 0 Å². The quantitative estimate of drug-likeness (QED) is 0.0261. The molecule has 0 amide bonds. The van der Waals surface area contributed by atoms with Crippen LogP contribution in [0.5, 0.6) is 0 Å². The fourth-order valence-corrected chi connectivity index (χ4v) is 8.63. The van der Waals surface area contributed by atoms with Crippen molar-refractivity contribution in [1.82, 2.24) is 0 Å². The van der Waals surface area contributed by atoms with Crippen molar-refractivity contribution in [3.05, 3.63) is 122 Å². The van der Waals surface area contributed by atoms with Gasteiger partial charge in [0, 0.05) is 19.3 Å². The van der Waals surface area contributed by atoms with Gasteiger partial charge in [-0.05, 0) is 128 Å². The van der Waals surface area contributed by atoms with E-state index in [4.69, 9.17) is 14.2 Å². The molecule has 0 aliphatic carbocycles. The van der Waals surface area contributed by atoms with Crippen LogP contribution in [0.2, 0.25) is 0 Å². The molecule has 0 aliphatic heterocycles. The van der Waals surface area contributed by atoms with Crippen LogP contribution in [0.15, 0.2) is 122 Å². The van der Waals surface area contributed by atoms with Crippen LogP contribution in [0.25, 0.3) is 0 Å². The molecule has 0 aromatic carbocycles. The second-order valence-corrected chi connectivity index (χ2v) is 20.9. The number of rotatable bonds is 57. The van der Waals surface area contributed by atoms with Gasteiger partial charge in [-0.25, -0.2) is 0 Å². The van der Waals surface area contributed by atoms with Gasteiger partial charge < -0.3 is 14.2 Å². The number of esters is 3. The molecule has 0 bridgehead atoms. The normalized spacial score (nSPS) is 12.9. The Morgan fingerprint density at radius 2 is 0.519 bits per heavy atom. The number of carbonyl (C=O) groups excluding carboxylic acids is 3. The molecule has 0 heterocycles. The summed E-state index contributed by atoms with van der Waals surface area (Å²) in [6.45, 7) is 6.45. The standard InChI is InChI=1S/C71H118O6/c1-4-7-10-13-16-19-22-25-28-30-32-34-35-37-38-40-43-46-49-52-55-58-61-64-70(73)76-67-68(66-75-69(72)63-60-57-54-51-48-45-42-27-24-21-18-15-12-9-6-3)77-71(74)65-62-59-56-53-50-47-44-41-39-36-33-31-29-26-23-20-17-14-11-8-5-2/h7,10,16,18-19,21,25,27-28,31-34,37-38,42-43,46,52,55,68H,4-6,8-9,11-15,17,20,22-24,26,29-30,35-36,39-41,44-45,47-51,53-54,56-67H2,1-3H3/b10-7-,19-16-,21-18-,28-25-,33-31-,34-32-,38-37-,42-27-,46-43-,55-52-. The van der Waals surface area contributed by atoms with E-state index in [0.717, 1.165) is 116 Å². The first-order chi connectivity index (χ1) is 38.0. The lowest BCUT2D eigenvalue weighted by Gasteiger charge is -2.18. The third kappa shape index (κ3) is 62.5. The minimum atomic E-state index is -0.813. The van der Waals surface area contributed by atoms with Gasteiger partial charge in [-0.3, -0.25) is 14.4 Å². The largest absolute Gasteiger partial charge is 0.462 e. The van der Waals surface area contributed by atoms with Crippen LogP contribution in [-0.4, -0.2) is 37.2 Å². The fourth-order valence-electron chi connectivity index (χ4n) is 8.63. The van der Waals surface area contributed by atoms with Crippen molar-refractivity contribution in [2.45, 2.75) is 297 Å². The van der Waals surface area contributed by atoms with E-state index in [-0.39, 0.29) is 37.5 Å². The van der Waals surface area contributed by atoms with Gasteiger partial charge in [-0.1, -0.05) is 264 Å². The Morgan fingerprint density at radius 1 is 0.273 bits per heavy atom. The Morgan fingerprint density at radius 3 is 0.883 bits per heavy atom. The summed E-state index contributed by atoms with van der Waals surface area (Å²) in [5, 5.41) is 0. The highest BCUT2D eigenvalue weighted by molar-refractivity contribution is 5.71. The Hall–Kier alpha value is -4.19. The first kappa shape index (κ1) is 72.8. The second-order valence-electron chi connectivity index (χ2n) is 20.9. The van der Waals surface area contributed by atoms with Crippen molar-refractivity contribution in [1.29, 1.82) is 0 Å². The maximum Gasteiger partial charge on any atom is 0.306 e. The van der Waals surface area contributed by atoms with Gasteiger partial charge >= 0.3 is 17.9 Å². The molecule has 1 atom stereocenters. The molecule has 77 heavy (non-hydrogen) atoms. The Kier molecular flexibility index (Phi) is 60.8. The summed E-state index contributed by atoms with van der Waals surface area (Å²) in [6.07, 6.45) is 89.2. The minimum absolute atomic E-state index is 0.106. The van der Waals surface area contributed by atoms with Crippen molar-refractivity contribution < 1.29 is 28.6 Å². The molecule has 0 radical (unpaired) electrons. The smallest absolute Gasteiger partial charge is 0.306 e. The molecule has 0 spiro atoms. The Balaban J connectivity index is 4.49. The lowest BCUT2D eigenvalue weighted by atomic mass is 10.1. The molecule has 0 rings (SSSR count). The van der Waals surface area contributed by atoms with Crippen molar-refractivity contribution in [2.75, 3.05) is 13.2 Å².